The second kappa shape index (κ2) is 4.36. The Morgan fingerprint density at radius 3 is 2.64 bits per heavy atom. The summed E-state index contributed by atoms with van der Waals surface area (Å²) >= 11 is 2.80. The molecule has 2 N–H and O–H groups in total. The molecule has 14 heavy (non-hydrogen) atoms. The van der Waals surface area contributed by atoms with Crippen LogP contribution >= 0.6 is 15.9 Å². The Bertz CT molecular complexity index is 371. The van der Waals surface area contributed by atoms with Gasteiger partial charge in [0.2, 0.25) is 0 Å². The van der Waals surface area contributed by atoms with E-state index in [1.165, 1.54) is 0 Å². The van der Waals surface area contributed by atoms with Gasteiger partial charge in [0.1, 0.15) is 18.2 Å². The monoisotopic (exact) mass is 265 g/mol. The van der Waals surface area contributed by atoms with Crippen molar-refractivity contribution in [3.8, 4) is 0 Å². The van der Waals surface area contributed by atoms with Gasteiger partial charge in [-0.25, -0.2) is 8.78 Å². The highest BCUT2D eigenvalue weighted by Gasteiger charge is 2.08. The molecule has 0 saturated carbocycles. The SMILES string of the molecule is O=C(O)CNc1cc(F)c(Br)cc1F. The highest BCUT2D eigenvalue weighted by molar-refractivity contribution is 9.10. The number of hydrogen-bond acceptors (Lipinski definition) is 2. The zero-order chi connectivity index (χ0) is 10.7. The predicted molar refractivity (Wildman–Crippen MR) is 50.2 cm³/mol. The lowest BCUT2D eigenvalue weighted by molar-refractivity contribution is -0.134. The van der Waals surface area contributed by atoms with Crippen molar-refractivity contribution in [2.45, 2.75) is 0 Å². The van der Waals surface area contributed by atoms with Gasteiger partial charge in [-0.1, -0.05) is 0 Å². The number of carbonyl (C=O) groups is 1. The first-order valence-corrected chi connectivity index (χ1v) is 4.40. The fourth-order valence-corrected chi connectivity index (χ4v) is 1.14. The third-order valence-electron chi connectivity index (χ3n) is 1.44. The van der Waals surface area contributed by atoms with Gasteiger partial charge >= 0.3 is 5.97 Å². The lowest BCUT2D eigenvalue weighted by Gasteiger charge is -2.05. The lowest BCUT2D eigenvalue weighted by atomic mass is 10.3. The van der Waals surface area contributed by atoms with Crippen molar-refractivity contribution in [3.05, 3.63) is 28.2 Å². The van der Waals surface area contributed by atoms with E-state index in [1.807, 2.05) is 0 Å². The molecule has 1 aromatic carbocycles. The minimum Gasteiger partial charge on any atom is -0.480 e. The first-order valence-electron chi connectivity index (χ1n) is 3.61. The number of halogens is 3. The molecule has 0 aliphatic rings. The fourth-order valence-electron chi connectivity index (χ4n) is 0.829. The number of nitrogens with one attached hydrogen (secondary N) is 1. The number of benzene rings is 1. The summed E-state index contributed by atoms with van der Waals surface area (Å²) in [5.41, 5.74) is -0.173. The normalized spacial score (nSPS) is 9.93. The van der Waals surface area contributed by atoms with Crippen LogP contribution in [0.3, 0.4) is 0 Å². The number of carboxylic acid groups (broad SMARTS) is 1. The minimum absolute atomic E-state index is 0.00382. The molecule has 0 bridgehead atoms. The van der Waals surface area contributed by atoms with Gasteiger partial charge in [0.15, 0.2) is 0 Å². The van der Waals surface area contributed by atoms with Crippen LogP contribution in [0.2, 0.25) is 0 Å². The first kappa shape index (κ1) is 10.9. The van der Waals surface area contributed by atoms with E-state index in [-0.39, 0.29) is 10.2 Å². The molecular formula is C8H6BrF2NO2. The lowest BCUT2D eigenvalue weighted by Crippen LogP contribution is -2.13. The van der Waals surface area contributed by atoms with E-state index in [1.54, 1.807) is 0 Å². The Labute approximate surface area is 86.9 Å². The molecule has 76 valence electrons. The quantitative estimate of drug-likeness (QED) is 0.825. The van der Waals surface area contributed by atoms with Gasteiger partial charge in [-0.15, -0.1) is 0 Å². The second-order valence-corrected chi connectivity index (χ2v) is 3.35. The van der Waals surface area contributed by atoms with E-state index in [4.69, 9.17) is 5.11 Å². The van der Waals surface area contributed by atoms with Gasteiger partial charge in [-0.05, 0) is 22.0 Å². The fraction of sp³-hybridized carbons (Fsp3) is 0.125. The molecule has 0 aliphatic heterocycles. The number of hydrogen-bond donors (Lipinski definition) is 2. The third kappa shape index (κ3) is 2.66. The Balaban J connectivity index is 2.87. The van der Waals surface area contributed by atoms with E-state index in [9.17, 15) is 13.6 Å². The summed E-state index contributed by atoms with van der Waals surface area (Å²) in [5.74, 6) is -2.51. The molecule has 0 spiro atoms. The first-order chi connectivity index (χ1) is 6.50. The van der Waals surface area contributed by atoms with Crippen LogP contribution in [0.4, 0.5) is 14.5 Å². The van der Waals surface area contributed by atoms with Gasteiger partial charge < -0.3 is 10.4 Å². The number of anilines is 1. The molecule has 1 rings (SSSR count). The maximum Gasteiger partial charge on any atom is 0.322 e. The highest BCUT2D eigenvalue weighted by atomic mass is 79.9. The van der Waals surface area contributed by atoms with Crippen molar-refractivity contribution in [1.82, 2.24) is 0 Å². The maximum atomic E-state index is 13.0. The van der Waals surface area contributed by atoms with Crippen molar-refractivity contribution < 1.29 is 18.7 Å². The van der Waals surface area contributed by atoms with Gasteiger partial charge in [0.05, 0.1) is 10.2 Å². The van der Waals surface area contributed by atoms with Gasteiger partial charge in [0, 0.05) is 6.07 Å². The summed E-state index contributed by atoms with van der Waals surface area (Å²) < 4.78 is 25.9. The number of rotatable bonds is 3. The van der Waals surface area contributed by atoms with Crippen LogP contribution < -0.4 is 5.32 Å². The third-order valence-corrected chi connectivity index (χ3v) is 2.05. The highest BCUT2D eigenvalue weighted by Crippen LogP contribution is 2.22. The van der Waals surface area contributed by atoms with Crippen molar-refractivity contribution in [1.29, 1.82) is 0 Å². The summed E-state index contributed by atoms with van der Waals surface area (Å²) in [6.45, 7) is -0.460. The molecule has 0 unspecified atom stereocenters. The summed E-state index contributed by atoms with van der Waals surface area (Å²) in [4.78, 5) is 10.1. The molecule has 0 saturated heterocycles. The average Bonchev–Trinajstić information content (AvgIpc) is 2.09. The van der Waals surface area contributed by atoms with E-state index < -0.39 is 24.1 Å². The van der Waals surface area contributed by atoms with Crippen molar-refractivity contribution in [2.24, 2.45) is 0 Å². The molecule has 6 heteroatoms. The van der Waals surface area contributed by atoms with Crippen LogP contribution in [-0.2, 0) is 4.79 Å². The van der Waals surface area contributed by atoms with Gasteiger partial charge in [-0.2, -0.15) is 0 Å². The molecule has 0 aliphatic carbocycles. The Morgan fingerprint density at radius 1 is 1.43 bits per heavy atom. The number of aliphatic carboxylic acids is 1. The predicted octanol–water partition coefficient (Wildman–Crippen LogP) is 2.22. The molecule has 0 heterocycles. The van der Waals surface area contributed by atoms with Crippen LogP contribution in [0.1, 0.15) is 0 Å². The van der Waals surface area contributed by atoms with Crippen molar-refractivity contribution >= 4 is 27.6 Å². The maximum absolute atomic E-state index is 13.0. The molecule has 0 radical (unpaired) electrons. The Kier molecular flexibility index (Phi) is 3.40. The molecular weight excluding hydrogens is 260 g/mol. The number of carboxylic acids is 1. The van der Waals surface area contributed by atoms with Crippen LogP contribution in [0.15, 0.2) is 16.6 Å². The van der Waals surface area contributed by atoms with Crippen LogP contribution in [0, 0.1) is 11.6 Å². The molecule has 3 nitrogen and oxygen atoms in total. The molecule has 1 aromatic rings. The smallest absolute Gasteiger partial charge is 0.322 e. The molecule has 0 aromatic heterocycles. The van der Waals surface area contributed by atoms with Gasteiger partial charge in [-0.3, -0.25) is 4.79 Å². The van der Waals surface area contributed by atoms with E-state index >= 15 is 0 Å². The molecule has 0 fully saturated rings. The van der Waals surface area contributed by atoms with Gasteiger partial charge in [0.25, 0.3) is 0 Å². The minimum atomic E-state index is -1.15. The average molecular weight is 266 g/mol. The van der Waals surface area contributed by atoms with E-state index in [2.05, 4.69) is 21.2 Å². The van der Waals surface area contributed by atoms with Crippen LogP contribution in [0.5, 0.6) is 0 Å². The Hall–Kier alpha value is -1.17. The zero-order valence-electron chi connectivity index (χ0n) is 6.85. The van der Waals surface area contributed by atoms with Crippen LogP contribution in [-0.4, -0.2) is 17.6 Å². The van der Waals surface area contributed by atoms with Crippen molar-refractivity contribution in [3.63, 3.8) is 0 Å². The second-order valence-electron chi connectivity index (χ2n) is 2.49. The van der Waals surface area contributed by atoms with Crippen LogP contribution in [0.25, 0.3) is 0 Å². The summed E-state index contributed by atoms with van der Waals surface area (Å²) in [5, 5.41) is 10.5. The van der Waals surface area contributed by atoms with E-state index in [0.29, 0.717) is 0 Å². The zero-order valence-corrected chi connectivity index (χ0v) is 8.44. The topological polar surface area (TPSA) is 49.3 Å². The Morgan fingerprint density at radius 2 is 2.07 bits per heavy atom. The standard InChI is InChI=1S/C8H6BrF2NO2/c9-4-1-6(11)7(2-5(4)10)12-3-8(13)14/h1-2,12H,3H2,(H,13,14). The summed E-state index contributed by atoms with van der Waals surface area (Å²) in [6, 6.07) is 1.82. The summed E-state index contributed by atoms with van der Waals surface area (Å²) in [6.07, 6.45) is 0. The molecule has 0 atom stereocenters. The van der Waals surface area contributed by atoms with E-state index in [0.717, 1.165) is 12.1 Å². The summed E-state index contributed by atoms with van der Waals surface area (Å²) in [7, 11) is 0. The molecule has 0 amide bonds. The largest absolute Gasteiger partial charge is 0.480 e. The van der Waals surface area contributed by atoms with Crippen molar-refractivity contribution in [2.75, 3.05) is 11.9 Å².